The summed E-state index contributed by atoms with van der Waals surface area (Å²) in [4.78, 5) is 15.8. The quantitative estimate of drug-likeness (QED) is 0.442. The molecule has 0 amide bonds. The van der Waals surface area contributed by atoms with Crippen molar-refractivity contribution in [3.05, 3.63) is 69.3 Å². The molecule has 0 aliphatic carbocycles. The van der Waals surface area contributed by atoms with Crippen molar-refractivity contribution in [1.82, 2.24) is 9.21 Å². The van der Waals surface area contributed by atoms with E-state index in [0.29, 0.717) is 16.2 Å². The molecule has 3 nitrogen and oxygen atoms in total. The summed E-state index contributed by atoms with van der Waals surface area (Å²) in [6.07, 6.45) is 5.59. The number of aryl methyl sites for hydroxylation is 1. The molecule has 1 saturated heterocycles. The molecule has 0 atom stereocenters. The van der Waals surface area contributed by atoms with Crippen molar-refractivity contribution in [3.8, 4) is 0 Å². The summed E-state index contributed by atoms with van der Waals surface area (Å²) in [6, 6.07) is 5.61. The van der Waals surface area contributed by atoms with Gasteiger partial charge in [0.1, 0.15) is 0 Å². The highest BCUT2D eigenvalue weighted by molar-refractivity contribution is 8.00. The maximum Gasteiger partial charge on any atom is 0.196 e. The van der Waals surface area contributed by atoms with E-state index in [4.69, 9.17) is 11.6 Å². The highest BCUT2D eigenvalue weighted by Crippen LogP contribution is 2.34. The predicted molar refractivity (Wildman–Crippen MR) is 121 cm³/mol. The van der Waals surface area contributed by atoms with Crippen LogP contribution in [0.4, 0.5) is 0 Å². The Kier molecular flexibility index (Phi) is 7.08. The van der Waals surface area contributed by atoms with E-state index in [1.807, 2.05) is 37.5 Å². The van der Waals surface area contributed by atoms with Crippen LogP contribution in [0.2, 0.25) is 5.02 Å². The van der Waals surface area contributed by atoms with Gasteiger partial charge < -0.3 is 9.21 Å². The van der Waals surface area contributed by atoms with Gasteiger partial charge in [0.15, 0.2) is 5.78 Å². The van der Waals surface area contributed by atoms with Crippen LogP contribution in [-0.4, -0.2) is 41.7 Å². The zero-order valence-corrected chi connectivity index (χ0v) is 18.6. The predicted octanol–water partition coefficient (Wildman–Crippen LogP) is 5.87. The van der Waals surface area contributed by atoms with Crippen LogP contribution in [-0.2, 0) is 0 Å². The normalized spacial score (nSPS) is 19.3. The maximum absolute atomic E-state index is 13.4. The van der Waals surface area contributed by atoms with Crippen LogP contribution < -0.4 is 0 Å². The molecule has 0 radical (unpaired) electrons. The van der Waals surface area contributed by atoms with E-state index < -0.39 is 0 Å². The molecule has 0 aromatic heterocycles. The summed E-state index contributed by atoms with van der Waals surface area (Å²) >= 11 is 8.09. The lowest BCUT2D eigenvalue weighted by molar-refractivity contribution is 0.103. The average Bonchev–Trinajstić information content (AvgIpc) is 2.81. The number of carbonyl (C=O) groups is 1. The number of carbonyl (C=O) groups excluding carboxylic acids is 1. The SMILES string of the molecule is C=C1C=CSN(CCC2CCN(C)CC2)C(C)=C1C(=O)c1cccc(C)c1Cl. The molecule has 0 N–H and O–H groups in total. The van der Waals surface area contributed by atoms with Gasteiger partial charge in [-0.3, -0.25) is 4.79 Å². The van der Waals surface area contributed by atoms with E-state index in [2.05, 4.69) is 22.8 Å². The number of nitrogens with zero attached hydrogens (tertiary/aromatic N) is 2. The standard InChI is InChI=1S/C23H29ClN2OS/c1-16-11-15-28-26(14-10-19-8-12-25(4)13-9-19)18(3)21(16)23(27)20-7-5-6-17(2)22(20)24/h5-7,11,15,19H,1,8-10,12-14H2,2-4H3. The van der Waals surface area contributed by atoms with E-state index in [-0.39, 0.29) is 5.78 Å². The van der Waals surface area contributed by atoms with E-state index in [9.17, 15) is 4.79 Å². The fraction of sp³-hybridized carbons (Fsp3) is 0.435. The molecule has 5 heteroatoms. The van der Waals surface area contributed by atoms with Crippen LogP contribution in [0.25, 0.3) is 0 Å². The topological polar surface area (TPSA) is 23.6 Å². The van der Waals surface area contributed by atoms with Crippen LogP contribution in [0, 0.1) is 12.8 Å². The minimum Gasteiger partial charge on any atom is -0.316 e. The monoisotopic (exact) mass is 416 g/mol. The number of hydrogen-bond donors (Lipinski definition) is 0. The van der Waals surface area contributed by atoms with Gasteiger partial charge in [-0.1, -0.05) is 30.3 Å². The summed E-state index contributed by atoms with van der Waals surface area (Å²) < 4.78 is 2.24. The molecule has 2 heterocycles. The number of benzene rings is 1. The first-order chi connectivity index (χ1) is 13.4. The van der Waals surface area contributed by atoms with Crippen molar-refractivity contribution in [2.75, 3.05) is 26.7 Å². The van der Waals surface area contributed by atoms with Crippen molar-refractivity contribution in [3.63, 3.8) is 0 Å². The molecule has 2 aliphatic heterocycles. The molecule has 0 saturated carbocycles. The van der Waals surface area contributed by atoms with Crippen LogP contribution in [0.5, 0.6) is 0 Å². The fourth-order valence-corrected chi connectivity index (χ4v) is 4.89. The van der Waals surface area contributed by atoms with E-state index >= 15 is 0 Å². The van der Waals surface area contributed by atoms with Gasteiger partial charge in [0, 0.05) is 23.4 Å². The van der Waals surface area contributed by atoms with Crippen LogP contribution in [0.15, 0.2) is 53.1 Å². The van der Waals surface area contributed by atoms with Gasteiger partial charge in [-0.25, -0.2) is 0 Å². The van der Waals surface area contributed by atoms with Gasteiger partial charge in [0.25, 0.3) is 0 Å². The first kappa shape index (κ1) is 21.2. The Labute approximate surface area is 178 Å². The summed E-state index contributed by atoms with van der Waals surface area (Å²) in [7, 11) is 2.19. The number of halogens is 1. The molecule has 1 aromatic rings. The Hall–Kier alpha value is -1.49. The van der Waals surface area contributed by atoms with Crippen molar-refractivity contribution in [2.24, 2.45) is 5.92 Å². The van der Waals surface area contributed by atoms with Crippen molar-refractivity contribution >= 4 is 29.3 Å². The molecule has 150 valence electrons. The highest BCUT2D eigenvalue weighted by Gasteiger charge is 2.25. The van der Waals surface area contributed by atoms with Gasteiger partial charge in [0.2, 0.25) is 0 Å². The van der Waals surface area contributed by atoms with Crippen molar-refractivity contribution in [1.29, 1.82) is 0 Å². The van der Waals surface area contributed by atoms with Gasteiger partial charge in [-0.05, 0) is 99.8 Å². The fourth-order valence-electron chi connectivity index (χ4n) is 3.84. The Morgan fingerprint density at radius 3 is 2.71 bits per heavy atom. The zero-order valence-electron chi connectivity index (χ0n) is 17.0. The third-order valence-corrected chi connectivity index (χ3v) is 7.23. The molecular weight excluding hydrogens is 388 g/mol. The summed E-state index contributed by atoms with van der Waals surface area (Å²) in [5.74, 6) is 0.707. The minimum atomic E-state index is -0.0485. The second-order valence-corrected chi connectivity index (χ2v) is 9.10. The smallest absolute Gasteiger partial charge is 0.196 e. The van der Waals surface area contributed by atoms with Gasteiger partial charge in [0.05, 0.1) is 5.02 Å². The largest absolute Gasteiger partial charge is 0.316 e. The molecule has 2 aliphatic rings. The molecule has 0 unspecified atom stereocenters. The van der Waals surface area contributed by atoms with Gasteiger partial charge in [-0.2, -0.15) is 0 Å². The van der Waals surface area contributed by atoms with E-state index in [1.54, 1.807) is 18.0 Å². The Balaban J connectivity index is 1.82. The molecule has 0 bridgehead atoms. The average molecular weight is 417 g/mol. The minimum absolute atomic E-state index is 0.0485. The lowest BCUT2D eigenvalue weighted by atomic mass is 9.93. The van der Waals surface area contributed by atoms with Crippen molar-refractivity contribution in [2.45, 2.75) is 33.1 Å². The highest BCUT2D eigenvalue weighted by atomic mass is 35.5. The van der Waals surface area contributed by atoms with E-state index in [1.165, 1.54) is 25.9 Å². The number of allylic oxidation sites excluding steroid dienone is 4. The second kappa shape index (κ2) is 9.34. The lowest BCUT2D eigenvalue weighted by Gasteiger charge is -2.31. The molecule has 1 fully saturated rings. The third kappa shape index (κ3) is 4.73. The van der Waals surface area contributed by atoms with Crippen LogP contribution in [0.1, 0.15) is 42.1 Å². The van der Waals surface area contributed by atoms with Crippen LogP contribution in [0.3, 0.4) is 0 Å². The molecule has 3 rings (SSSR count). The maximum atomic E-state index is 13.4. The lowest BCUT2D eigenvalue weighted by Crippen LogP contribution is -2.31. The number of piperidine rings is 1. The molecule has 28 heavy (non-hydrogen) atoms. The summed E-state index contributed by atoms with van der Waals surface area (Å²) in [5, 5.41) is 2.55. The summed E-state index contributed by atoms with van der Waals surface area (Å²) in [6.45, 7) is 11.4. The van der Waals surface area contributed by atoms with Crippen molar-refractivity contribution < 1.29 is 4.79 Å². The third-order valence-electron chi connectivity index (χ3n) is 5.76. The first-order valence-electron chi connectivity index (χ1n) is 9.88. The number of Topliss-reactive ketones (excluding diaryl/α,β-unsaturated/α-hetero) is 1. The molecule has 1 aromatic carbocycles. The second-order valence-electron chi connectivity index (χ2n) is 7.80. The van der Waals surface area contributed by atoms with Gasteiger partial charge in [-0.15, -0.1) is 0 Å². The first-order valence-corrected chi connectivity index (χ1v) is 11.1. The Bertz CT molecular complexity index is 822. The summed E-state index contributed by atoms with van der Waals surface area (Å²) in [5.41, 5.74) is 3.84. The zero-order chi connectivity index (χ0) is 20.3. The number of hydrogen-bond acceptors (Lipinski definition) is 4. The molecule has 0 spiro atoms. The van der Waals surface area contributed by atoms with Gasteiger partial charge >= 0.3 is 0 Å². The Morgan fingerprint density at radius 1 is 1.29 bits per heavy atom. The number of rotatable bonds is 5. The van der Waals surface area contributed by atoms with Crippen LogP contribution >= 0.6 is 23.5 Å². The van der Waals surface area contributed by atoms with E-state index in [0.717, 1.165) is 35.7 Å². The Morgan fingerprint density at radius 2 is 2.00 bits per heavy atom. The number of likely N-dealkylation sites (tertiary alicyclic amines) is 1. The molecular formula is C23H29ClN2OS. The number of ketones is 1.